The molecular formula is C11H16FNO. The van der Waals surface area contributed by atoms with Crippen molar-refractivity contribution in [1.29, 1.82) is 0 Å². The van der Waals surface area contributed by atoms with E-state index in [0.717, 1.165) is 5.56 Å². The van der Waals surface area contributed by atoms with E-state index in [9.17, 15) is 4.39 Å². The second-order valence-corrected chi connectivity index (χ2v) is 3.52. The van der Waals surface area contributed by atoms with Gasteiger partial charge in [-0.3, -0.25) is 0 Å². The minimum absolute atomic E-state index is 0.0421. The van der Waals surface area contributed by atoms with E-state index in [0.29, 0.717) is 6.54 Å². The van der Waals surface area contributed by atoms with Gasteiger partial charge in [-0.05, 0) is 30.2 Å². The van der Waals surface area contributed by atoms with Crippen LogP contribution in [-0.2, 0) is 0 Å². The van der Waals surface area contributed by atoms with Crippen LogP contribution in [0.1, 0.15) is 18.4 Å². The highest BCUT2D eigenvalue weighted by atomic mass is 19.1. The minimum atomic E-state index is -0.241. The number of aliphatic hydroxyl groups is 1. The lowest BCUT2D eigenvalue weighted by atomic mass is 9.88. The fourth-order valence-electron chi connectivity index (χ4n) is 1.48. The summed E-state index contributed by atoms with van der Waals surface area (Å²) in [6, 6.07) is 6.32. The minimum Gasteiger partial charge on any atom is -0.396 e. The Kier molecular flexibility index (Phi) is 4.04. The monoisotopic (exact) mass is 197 g/mol. The summed E-state index contributed by atoms with van der Waals surface area (Å²) in [6.07, 6.45) is 0. The predicted molar refractivity (Wildman–Crippen MR) is 54.4 cm³/mol. The number of hydrogen-bond acceptors (Lipinski definition) is 2. The molecule has 14 heavy (non-hydrogen) atoms. The zero-order chi connectivity index (χ0) is 10.6. The Bertz CT molecular complexity index is 269. The van der Waals surface area contributed by atoms with Gasteiger partial charge in [0.1, 0.15) is 5.82 Å². The second-order valence-electron chi connectivity index (χ2n) is 3.52. The summed E-state index contributed by atoms with van der Waals surface area (Å²) in [4.78, 5) is 0. The van der Waals surface area contributed by atoms with Crippen LogP contribution in [0.5, 0.6) is 0 Å². The Balaban J connectivity index is 2.77. The average molecular weight is 197 g/mol. The first-order valence-corrected chi connectivity index (χ1v) is 4.75. The number of rotatable bonds is 4. The van der Waals surface area contributed by atoms with Crippen LogP contribution in [0.15, 0.2) is 24.3 Å². The molecule has 2 unspecified atom stereocenters. The van der Waals surface area contributed by atoms with E-state index >= 15 is 0 Å². The molecule has 0 amide bonds. The van der Waals surface area contributed by atoms with Gasteiger partial charge >= 0.3 is 0 Å². The molecule has 0 fully saturated rings. The van der Waals surface area contributed by atoms with Gasteiger partial charge in [0.25, 0.3) is 0 Å². The highest BCUT2D eigenvalue weighted by molar-refractivity contribution is 5.20. The van der Waals surface area contributed by atoms with Crippen molar-refractivity contribution in [2.75, 3.05) is 13.2 Å². The van der Waals surface area contributed by atoms with Crippen molar-refractivity contribution in [3.63, 3.8) is 0 Å². The molecule has 0 saturated carbocycles. The van der Waals surface area contributed by atoms with E-state index in [1.807, 2.05) is 6.92 Å². The molecule has 3 heteroatoms. The number of halogens is 1. The molecule has 1 aromatic rings. The SMILES string of the molecule is CC(c1ccc(F)cc1)C(CN)CO. The summed E-state index contributed by atoms with van der Waals surface area (Å²) in [5.74, 6) is -0.0414. The van der Waals surface area contributed by atoms with Gasteiger partial charge in [0.05, 0.1) is 0 Å². The van der Waals surface area contributed by atoms with Crippen LogP contribution < -0.4 is 5.73 Å². The fraction of sp³-hybridized carbons (Fsp3) is 0.455. The van der Waals surface area contributed by atoms with Crippen molar-refractivity contribution in [2.24, 2.45) is 11.7 Å². The third-order valence-corrected chi connectivity index (χ3v) is 2.64. The van der Waals surface area contributed by atoms with Crippen LogP contribution in [0, 0.1) is 11.7 Å². The van der Waals surface area contributed by atoms with Crippen LogP contribution in [0.3, 0.4) is 0 Å². The first kappa shape index (κ1) is 11.1. The molecule has 2 atom stereocenters. The van der Waals surface area contributed by atoms with Crippen molar-refractivity contribution in [3.8, 4) is 0 Å². The number of nitrogens with two attached hydrogens (primary N) is 1. The smallest absolute Gasteiger partial charge is 0.123 e. The second kappa shape index (κ2) is 5.08. The van der Waals surface area contributed by atoms with Crippen molar-refractivity contribution in [2.45, 2.75) is 12.8 Å². The predicted octanol–water partition coefficient (Wildman–Crippen LogP) is 1.50. The Morgan fingerprint density at radius 3 is 2.36 bits per heavy atom. The Labute approximate surface area is 83.6 Å². The van der Waals surface area contributed by atoms with Crippen LogP contribution >= 0.6 is 0 Å². The molecule has 0 aliphatic rings. The molecule has 1 rings (SSSR count). The third-order valence-electron chi connectivity index (χ3n) is 2.64. The topological polar surface area (TPSA) is 46.2 Å². The summed E-state index contributed by atoms with van der Waals surface area (Å²) >= 11 is 0. The van der Waals surface area contributed by atoms with Crippen LogP contribution in [0.4, 0.5) is 4.39 Å². The van der Waals surface area contributed by atoms with Crippen molar-refractivity contribution >= 4 is 0 Å². The number of aliphatic hydroxyl groups excluding tert-OH is 1. The highest BCUT2D eigenvalue weighted by Crippen LogP contribution is 2.23. The van der Waals surface area contributed by atoms with Crippen LogP contribution in [0.25, 0.3) is 0 Å². The first-order chi connectivity index (χ1) is 6.69. The molecule has 0 aromatic heterocycles. The van der Waals surface area contributed by atoms with E-state index in [-0.39, 0.29) is 24.3 Å². The Hall–Kier alpha value is -0.930. The molecule has 78 valence electrons. The molecule has 0 saturated heterocycles. The Morgan fingerprint density at radius 2 is 1.93 bits per heavy atom. The molecule has 0 aliphatic carbocycles. The molecule has 1 aromatic carbocycles. The normalized spacial score (nSPS) is 15.1. The molecule has 0 spiro atoms. The van der Waals surface area contributed by atoms with Crippen molar-refractivity contribution < 1.29 is 9.50 Å². The summed E-state index contributed by atoms with van der Waals surface area (Å²) < 4.78 is 12.6. The van der Waals surface area contributed by atoms with E-state index in [1.54, 1.807) is 12.1 Å². The zero-order valence-electron chi connectivity index (χ0n) is 8.28. The summed E-state index contributed by atoms with van der Waals surface area (Å²) in [7, 11) is 0. The van der Waals surface area contributed by atoms with Crippen LogP contribution in [0.2, 0.25) is 0 Å². The standard InChI is InChI=1S/C11H16FNO/c1-8(10(6-13)7-14)9-2-4-11(12)5-3-9/h2-5,8,10,14H,6-7,13H2,1H3. The van der Waals surface area contributed by atoms with Gasteiger partial charge in [0.15, 0.2) is 0 Å². The quantitative estimate of drug-likeness (QED) is 0.768. The highest BCUT2D eigenvalue weighted by Gasteiger charge is 2.16. The van der Waals surface area contributed by atoms with Gasteiger partial charge < -0.3 is 10.8 Å². The molecule has 0 bridgehead atoms. The van der Waals surface area contributed by atoms with Gasteiger partial charge in [-0.2, -0.15) is 0 Å². The summed E-state index contributed by atoms with van der Waals surface area (Å²) in [5, 5.41) is 9.06. The Morgan fingerprint density at radius 1 is 1.36 bits per heavy atom. The number of hydrogen-bond donors (Lipinski definition) is 2. The average Bonchev–Trinajstić information content (AvgIpc) is 2.20. The summed E-state index contributed by atoms with van der Waals surface area (Å²) in [6.45, 7) is 2.49. The van der Waals surface area contributed by atoms with E-state index in [2.05, 4.69) is 0 Å². The van der Waals surface area contributed by atoms with Gasteiger partial charge in [0, 0.05) is 12.5 Å². The van der Waals surface area contributed by atoms with E-state index in [4.69, 9.17) is 10.8 Å². The fourth-order valence-corrected chi connectivity index (χ4v) is 1.48. The van der Waals surface area contributed by atoms with Crippen molar-refractivity contribution in [1.82, 2.24) is 0 Å². The zero-order valence-corrected chi connectivity index (χ0v) is 8.28. The maximum absolute atomic E-state index is 12.6. The molecule has 0 aliphatic heterocycles. The van der Waals surface area contributed by atoms with Gasteiger partial charge in [-0.25, -0.2) is 4.39 Å². The van der Waals surface area contributed by atoms with E-state index < -0.39 is 0 Å². The number of benzene rings is 1. The first-order valence-electron chi connectivity index (χ1n) is 4.75. The molecule has 0 heterocycles. The van der Waals surface area contributed by atoms with Gasteiger partial charge in [-0.15, -0.1) is 0 Å². The maximum Gasteiger partial charge on any atom is 0.123 e. The van der Waals surface area contributed by atoms with Crippen LogP contribution in [-0.4, -0.2) is 18.3 Å². The molecular weight excluding hydrogens is 181 g/mol. The van der Waals surface area contributed by atoms with E-state index in [1.165, 1.54) is 12.1 Å². The van der Waals surface area contributed by atoms with Crippen molar-refractivity contribution in [3.05, 3.63) is 35.6 Å². The lowest BCUT2D eigenvalue weighted by Gasteiger charge is -2.20. The van der Waals surface area contributed by atoms with Gasteiger partial charge in [0.2, 0.25) is 0 Å². The van der Waals surface area contributed by atoms with Gasteiger partial charge in [-0.1, -0.05) is 19.1 Å². The third kappa shape index (κ3) is 2.53. The lowest BCUT2D eigenvalue weighted by molar-refractivity contribution is 0.212. The molecule has 3 N–H and O–H groups in total. The summed E-state index contributed by atoms with van der Waals surface area (Å²) in [5.41, 5.74) is 6.53. The largest absolute Gasteiger partial charge is 0.396 e. The lowest BCUT2D eigenvalue weighted by Crippen LogP contribution is -2.23. The maximum atomic E-state index is 12.6. The molecule has 2 nitrogen and oxygen atoms in total. The molecule has 0 radical (unpaired) electrons.